The number of aliphatic carboxylic acids is 1. The van der Waals surface area contributed by atoms with Crippen LogP contribution in [0.15, 0.2) is 160 Å². The molecule has 0 saturated heterocycles. The second-order valence-electron chi connectivity index (χ2n) is 21.0. The lowest BCUT2D eigenvalue weighted by Crippen LogP contribution is -2.43. The first-order valence-electron chi connectivity index (χ1n) is 27.5. The Hall–Kier alpha value is -6.64. The van der Waals surface area contributed by atoms with Crippen molar-refractivity contribution < 1.29 is 74.0 Å². The summed E-state index contributed by atoms with van der Waals surface area (Å²) < 4.78 is 79.4. The van der Waals surface area contributed by atoms with Gasteiger partial charge in [-0.05, 0) is 156 Å². The van der Waals surface area contributed by atoms with Gasteiger partial charge in [-0.1, -0.05) is 130 Å². The maximum atomic E-state index is 13.1. The van der Waals surface area contributed by atoms with Crippen molar-refractivity contribution in [2.45, 2.75) is 90.0 Å². The summed E-state index contributed by atoms with van der Waals surface area (Å²) in [6, 6.07) is 35.2. The molecule has 92 heavy (non-hydrogen) atoms. The monoisotopic (exact) mass is 1440 g/mol. The Balaban J connectivity index is 0.000000268. The number of aliphatic hydroxyl groups is 2. The van der Waals surface area contributed by atoms with Crippen molar-refractivity contribution in [3.63, 3.8) is 0 Å². The molecule has 19 nitrogen and oxygen atoms in total. The highest BCUT2D eigenvalue weighted by Crippen LogP contribution is 2.33. The van der Waals surface area contributed by atoms with Crippen LogP contribution < -0.4 is 16.4 Å². The van der Waals surface area contributed by atoms with Gasteiger partial charge in [0.15, 0.2) is 29.5 Å². The molecule has 0 aliphatic carbocycles. The Morgan fingerprint density at radius 2 is 0.772 bits per heavy atom. The fourth-order valence-corrected chi connectivity index (χ4v) is 12.6. The standard InChI is InChI=1S/C27H26Cl3NO6S.C26H24Cl3NO6S.C11H15NO4S/c1-37-27(34)23(13-17-4-3-5-20(12-17)38(2,35)36)31-26(33)25-21(29)14-18(15-22(25)30)24(32)11-8-16-6-9-19(28)10-7-16;1-37(35,36)19-4-2-3-16(11-19)12-22(26(33)34)30-25(32)24-20(28)13-17(14-21(24)29)23(31)10-7-15-5-8-18(27)9-6-15;1-16-11(13)10(12)7-8-4-3-5-9(6-8)17(2,14)15/h3-7,9-10,12,14-15,23-24,32H,8,11,13H2,1-2H3,(H,31,33);2-6,8-9,11,13-14,22-23,31H,7,10,12H2,1H3,(H,30,32)(H,33,34);3-6,10H,7,12H2,1-2H3/t23-,24?;22-,23?;10-/m000/s1. The third kappa shape index (κ3) is 23.4. The van der Waals surface area contributed by atoms with Crippen LogP contribution in [0.2, 0.25) is 30.1 Å². The number of benzene rings is 7. The van der Waals surface area contributed by atoms with Gasteiger partial charge in [-0.3, -0.25) is 14.4 Å². The van der Waals surface area contributed by atoms with E-state index in [0.29, 0.717) is 63.5 Å². The maximum Gasteiger partial charge on any atom is 0.328 e. The number of esters is 2. The predicted molar refractivity (Wildman–Crippen MR) is 354 cm³/mol. The quantitative estimate of drug-likeness (QED) is 0.0306. The van der Waals surface area contributed by atoms with Crippen molar-refractivity contribution in [1.82, 2.24) is 10.6 Å². The number of hydrogen-bond donors (Lipinski definition) is 6. The average molecular weight is 1440 g/mol. The Labute approximate surface area is 563 Å². The molecule has 0 aromatic heterocycles. The molecule has 0 spiro atoms. The lowest BCUT2D eigenvalue weighted by molar-refractivity contribution is -0.143. The molecule has 7 aromatic carbocycles. The molecule has 0 aliphatic rings. The molecule has 0 heterocycles. The van der Waals surface area contributed by atoms with Gasteiger partial charge in [-0.2, -0.15) is 0 Å². The van der Waals surface area contributed by atoms with Crippen LogP contribution in [0.25, 0.3) is 0 Å². The number of sulfone groups is 3. The van der Waals surface area contributed by atoms with Crippen molar-refractivity contribution in [3.8, 4) is 0 Å². The van der Waals surface area contributed by atoms with E-state index in [0.717, 1.165) is 29.9 Å². The van der Waals surface area contributed by atoms with Crippen LogP contribution in [-0.2, 0) is 85.5 Å². The number of aliphatic hydroxyl groups excluding tert-OH is 2. The van der Waals surface area contributed by atoms with E-state index in [9.17, 15) is 64.5 Å². The van der Waals surface area contributed by atoms with Crippen LogP contribution in [0.4, 0.5) is 0 Å². The molecule has 492 valence electrons. The molecule has 7 N–H and O–H groups in total. The molecule has 0 aliphatic heterocycles. The second-order valence-corrected chi connectivity index (χ2v) is 29.5. The molecule has 0 fully saturated rings. The summed E-state index contributed by atoms with van der Waals surface area (Å²) in [5.41, 5.74) is 9.82. The molecule has 0 saturated carbocycles. The Morgan fingerprint density at radius 1 is 0.457 bits per heavy atom. The SMILES string of the molecule is COC(=O)[C@@H](N)Cc1cccc(S(C)(=O)=O)c1.COC(=O)[C@H](Cc1cccc(S(C)(=O)=O)c1)NC(=O)c1c(Cl)cc(C(O)CCc2ccc(Cl)cc2)cc1Cl.CS(=O)(=O)c1cccc(C[C@H](NC(=O)c2c(Cl)cc(C(O)CCc3ccc(Cl)cc3)cc2Cl)C(=O)O)c1. The van der Waals surface area contributed by atoms with Gasteiger partial charge in [0.1, 0.15) is 18.1 Å². The van der Waals surface area contributed by atoms with Gasteiger partial charge in [0.05, 0.1) is 72.3 Å². The van der Waals surface area contributed by atoms with Gasteiger partial charge in [0, 0.05) is 41.7 Å². The highest BCUT2D eigenvalue weighted by Gasteiger charge is 2.28. The van der Waals surface area contributed by atoms with Crippen molar-refractivity contribution in [1.29, 1.82) is 0 Å². The fourth-order valence-electron chi connectivity index (χ4n) is 8.91. The van der Waals surface area contributed by atoms with E-state index in [1.165, 1.54) is 80.9 Å². The van der Waals surface area contributed by atoms with E-state index in [-0.39, 0.29) is 65.2 Å². The summed E-state index contributed by atoms with van der Waals surface area (Å²) in [4.78, 5) is 61.7. The number of nitrogens with two attached hydrogens (primary N) is 1. The second kappa shape index (κ2) is 34.5. The molecule has 7 aromatic rings. The Bertz CT molecular complexity index is 4100. The van der Waals surface area contributed by atoms with E-state index in [4.69, 9.17) is 80.1 Å². The molecule has 0 radical (unpaired) electrons. The van der Waals surface area contributed by atoms with Crippen molar-refractivity contribution >= 4 is 129 Å². The Morgan fingerprint density at radius 3 is 1.09 bits per heavy atom. The number of methoxy groups -OCH3 is 2. The molecule has 2 unspecified atom stereocenters. The van der Waals surface area contributed by atoms with Gasteiger partial charge in [0.2, 0.25) is 0 Å². The molecule has 5 atom stereocenters. The van der Waals surface area contributed by atoms with Crippen molar-refractivity contribution in [3.05, 3.63) is 226 Å². The lowest BCUT2D eigenvalue weighted by Gasteiger charge is -2.19. The summed E-state index contributed by atoms with van der Waals surface area (Å²) in [6.45, 7) is 0. The lowest BCUT2D eigenvalue weighted by atomic mass is 9.99. The van der Waals surface area contributed by atoms with E-state index in [1.807, 2.05) is 24.3 Å². The van der Waals surface area contributed by atoms with Crippen LogP contribution in [0, 0.1) is 0 Å². The zero-order chi connectivity index (χ0) is 68.4. The third-order valence-electron chi connectivity index (χ3n) is 13.8. The van der Waals surface area contributed by atoms with Crippen LogP contribution in [-0.4, -0.2) is 121 Å². The number of carbonyl (C=O) groups excluding carboxylic acids is 4. The minimum absolute atomic E-state index is 0.00164. The number of ether oxygens (including phenoxy) is 2. The van der Waals surface area contributed by atoms with Gasteiger partial charge in [-0.15, -0.1) is 0 Å². The summed E-state index contributed by atoms with van der Waals surface area (Å²) in [5, 5.41) is 37.0. The van der Waals surface area contributed by atoms with Crippen LogP contribution in [0.1, 0.15) is 84.7 Å². The van der Waals surface area contributed by atoms with Gasteiger partial charge in [-0.25, -0.2) is 34.8 Å². The molecule has 2 amide bonds. The highest BCUT2D eigenvalue weighted by atomic mass is 35.5. The number of rotatable bonds is 24. The summed E-state index contributed by atoms with van der Waals surface area (Å²) in [5.74, 6) is -4.11. The minimum atomic E-state index is -3.49. The third-order valence-corrected chi connectivity index (χ3v) is 18.8. The molecular weight excluding hydrogens is 1380 g/mol. The van der Waals surface area contributed by atoms with E-state index in [1.54, 1.807) is 54.6 Å². The number of aryl methyl sites for hydroxylation is 2. The number of carbonyl (C=O) groups is 5. The Kier molecular flexibility index (Phi) is 28.5. The summed E-state index contributed by atoms with van der Waals surface area (Å²) in [7, 11) is -7.76. The van der Waals surface area contributed by atoms with Crippen molar-refractivity contribution in [2.75, 3.05) is 33.0 Å². The highest BCUT2D eigenvalue weighted by molar-refractivity contribution is 7.91. The fraction of sp³-hybridized carbons (Fsp3) is 0.266. The van der Waals surface area contributed by atoms with E-state index in [2.05, 4.69) is 15.4 Å². The number of halogens is 6. The van der Waals surface area contributed by atoms with Crippen LogP contribution in [0.3, 0.4) is 0 Å². The van der Waals surface area contributed by atoms with Gasteiger partial charge in [0.25, 0.3) is 11.8 Å². The number of amides is 2. The normalized spacial score (nSPS) is 13.1. The summed E-state index contributed by atoms with van der Waals surface area (Å²) >= 11 is 37.2. The first-order chi connectivity index (χ1) is 43.1. The zero-order valence-electron chi connectivity index (χ0n) is 49.9. The van der Waals surface area contributed by atoms with E-state index >= 15 is 0 Å². The van der Waals surface area contributed by atoms with Gasteiger partial charge >= 0.3 is 17.9 Å². The van der Waals surface area contributed by atoms with E-state index < -0.39 is 89.6 Å². The van der Waals surface area contributed by atoms with Crippen LogP contribution in [0.5, 0.6) is 0 Å². The molecule has 0 bridgehead atoms. The summed E-state index contributed by atoms with van der Waals surface area (Å²) in [6.07, 6.45) is 3.42. The number of carboxylic acids is 1. The minimum Gasteiger partial charge on any atom is -0.480 e. The zero-order valence-corrected chi connectivity index (χ0v) is 56.9. The number of carboxylic acid groups (broad SMARTS) is 1. The average Bonchev–Trinajstić information content (AvgIpc) is 1.09. The number of hydrogen-bond acceptors (Lipinski definition) is 16. The number of nitrogens with one attached hydrogen (secondary N) is 2. The topological polar surface area (TPSA) is 317 Å². The molecule has 28 heteroatoms. The maximum absolute atomic E-state index is 13.1. The predicted octanol–water partition coefficient (Wildman–Crippen LogP) is 10.5. The molecule has 7 rings (SSSR count). The smallest absolute Gasteiger partial charge is 0.328 e. The van der Waals surface area contributed by atoms with Crippen LogP contribution >= 0.6 is 69.6 Å². The van der Waals surface area contributed by atoms with Gasteiger partial charge < -0.3 is 41.2 Å². The molecular formula is C64H65Cl6N3O16S3. The van der Waals surface area contributed by atoms with Crippen molar-refractivity contribution in [2.24, 2.45) is 5.73 Å². The first kappa shape index (κ1) is 76.1. The largest absolute Gasteiger partial charge is 0.480 e. The first-order valence-corrected chi connectivity index (χ1v) is 35.5.